The molecule has 0 spiro atoms. The van der Waals surface area contributed by atoms with E-state index in [1.54, 1.807) is 0 Å². The van der Waals surface area contributed by atoms with Gasteiger partial charge in [0.15, 0.2) is 0 Å². The van der Waals surface area contributed by atoms with Gasteiger partial charge >= 0.3 is 0 Å². The van der Waals surface area contributed by atoms with Crippen molar-refractivity contribution in [1.82, 2.24) is 10.2 Å². The number of amides is 1. The minimum absolute atomic E-state index is 0.130. The SMILES string of the molecule is O=C(NCCN1CCCCCC1)c1ccc(F)cc1. The summed E-state index contributed by atoms with van der Waals surface area (Å²) in [4.78, 5) is 14.2. The van der Waals surface area contributed by atoms with Crippen molar-refractivity contribution in [2.24, 2.45) is 0 Å². The van der Waals surface area contributed by atoms with Crippen LogP contribution in [0, 0.1) is 5.82 Å². The van der Waals surface area contributed by atoms with Crippen molar-refractivity contribution in [3.8, 4) is 0 Å². The second-order valence-electron chi connectivity index (χ2n) is 5.02. The van der Waals surface area contributed by atoms with E-state index in [9.17, 15) is 9.18 Å². The van der Waals surface area contributed by atoms with E-state index < -0.39 is 0 Å². The summed E-state index contributed by atoms with van der Waals surface area (Å²) in [6, 6.07) is 5.64. The van der Waals surface area contributed by atoms with Crippen LogP contribution in [0.25, 0.3) is 0 Å². The lowest BCUT2D eigenvalue weighted by atomic mass is 10.2. The normalized spacial score (nSPS) is 16.9. The molecule has 1 aromatic carbocycles. The lowest BCUT2D eigenvalue weighted by Crippen LogP contribution is -2.35. The second kappa shape index (κ2) is 7.24. The number of hydrogen-bond donors (Lipinski definition) is 1. The van der Waals surface area contributed by atoms with Crippen molar-refractivity contribution in [3.63, 3.8) is 0 Å². The number of carbonyl (C=O) groups is 1. The zero-order chi connectivity index (χ0) is 13.5. The summed E-state index contributed by atoms with van der Waals surface area (Å²) in [6.07, 6.45) is 5.15. The summed E-state index contributed by atoms with van der Waals surface area (Å²) in [5.74, 6) is -0.448. The van der Waals surface area contributed by atoms with E-state index in [1.165, 1.54) is 49.9 Å². The highest BCUT2D eigenvalue weighted by Gasteiger charge is 2.09. The van der Waals surface area contributed by atoms with Gasteiger partial charge in [0, 0.05) is 18.7 Å². The molecule has 0 radical (unpaired) electrons. The topological polar surface area (TPSA) is 32.3 Å². The Labute approximate surface area is 113 Å². The lowest BCUT2D eigenvalue weighted by Gasteiger charge is -2.19. The molecule has 0 saturated carbocycles. The molecule has 4 heteroatoms. The van der Waals surface area contributed by atoms with Crippen LogP contribution < -0.4 is 5.32 Å². The Bertz CT molecular complexity index is 397. The number of carbonyl (C=O) groups excluding carboxylic acids is 1. The van der Waals surface area contributed by atoms with Crippen molar-refractivity contribution < 1.29 is 9.18 Å². The number of rotatable bonds is 4. The van der Waals surface area contributed by atoms with Gasteiger partial charge in [-0.2, -0.15) is 0 Å². The van der Waals surface area contributed by atoms with Crippen LogP contribution in [0.3, 0.4) is 0 Å². The molecule has 1 N–H and O–H groups in total. The molecule has 1 aliphatic rings. The second-order valence-corrected chi connectivity index (χ2v) is 5.02. The van der Waals surface area contributed by atoms with E-state index in [0.717, 1.165) is 19.6 Å². The van der Waals surface area contributed by atoms with E-state index in [2.05, 4.69) is 10.2 Å². The molecule has 0 atom stereocenters. The van der Waals surface area contributed by atoms with Crippen molar-refractivity contribution >= 4 is 5.91 Å². The summed E-state index contributed by atoms with van der Waals surface area (Å²) in [5.41, 5.74) is 0.511. The first kappa shape index (κ1) is 14.0. The van der Waals surface area contributed by atoms with Crippen LogP contribution in [0.5, 0.6) is 0 Å². The Hall–Kier alpha value is -1.42. The van der Waals surface area contributed by atoms with Crippen molar-refractivity contribution in [3.05, 3.63) is 35.6 Å². The quantitative estimate of drug-likeness (QED) is 0.906. The maximum Gasteiger partial charge on any atom is 0.251 e. The lowest BCUT2D eigenvalue weighted by molar-refractivity contribution is 0.0948. The van der Waals surface area contributed by atoms with Crippen molar-refractivity contribution in [1.29, 1.82) is 0 Å². The molecule has 1 fully saturated rings. The third-order valence-electron chi connectivity index (χ3n) is 3.52. The highest BCUT2D eigenvalue weighted by atomic mass is 19.1. The number of nitrogens with one attached hydrogen (secondary N) is 1. The highest BCUT2D eigenvalue weighted by Crippen LogP contribution is 2.08. The molecule has 0 unspecified atom stereocenters. The number of likely N-dealkylation sites (tertiary alicyclic amines) is 1. The van der Waals surface area contributed by atoms with E-state index in [1.807, 2.05) is 0 Å². The summed E-state index contributed by atoms with van der Waals surface area (Å²) >= 11 is 0. The molecule has 1 amide bonds. The molecular weight excluding hydrogens is 243 g/mol. The third-order valence-corrected chi connectivity index (χ3v) is 3.52. The first-order valence-electron chi connectivity index (χ1n) is 7.02. The molecule has 2 rings (SSSR count). The van der Waals surface area contributed by atoms with Crippen molar-refractivity contribution in [2.45, 2.75) is 25.7 Å². The molecule has 0 aromatic heterocycles. The molecular formula is C15H21FN2O. The molecule has 0 bridgehead atoms. The largest absolute Gasteiger partial charge is 0.351 e. The van der Waals surface area contributed by atoms with Gasteiger partial charge in [0.05, 0.1) is 0 Å². The van der Waals surface area contributed by atoms with Gasteiger partial charge in [0.1, 0.15) is 5.82 Å². The zero-order valence-corrected chi connectivity index (χ0v) is 11.2. The highest BCUT2D eigenvalue weighted by molar-refractivity contribution is 5.94. The van der Waals surface area contributed by atoms with Crippen LogP contribution >= 0.6 is 0 Å². The van der Waals surface area contributed by atoms with Crippen LogP contribution in [0.15, 0.2) is 24.3 Å². The van der Waals surface area contributed by atoms with Gasteiger partial charge in [-0.3, -0.25) is 4.79 Å². The van der Waals surface area contributed by atoms with Gasteiger partial charge in [-0.1, -0.05) is 12.8 Å². The van der Waals surface area contributed by atoms with Gasteiger partial charge in [0.2, 0.25) is 0 Å². The molecule has 1 aliphatic heterocycles. The maximum absolute atomic E-state index is 12.7. The summed E-state index contributed by atoms with van der Waals surface area (Å²) in [7, 11) is 0. The van der Waals surface area contributed by atoms with E-state index >= 15 is 0 Å². The summed E-state index contributed by atoms with van der Waals surface area (Å²) < 4.78 is 12.7. The third kappa shape index (κ3) is 4.63. The van der Waals surface area contributed by atoms with Crippen LogP contribution in [0.4, 0.5) is 4.39 Å². The Morgan fingerprint density at radius 1 is 1.11 bits per heavy atom. The average molecular weight is 264 g/mol. The van der Waals surface area contributed by atoms with E-state index in [4.69, 9.17) is 0 Å². The number of halogens is 1. The average Bonchev–Trinajstić information content (AvgIpc) is 2.68. The Morgan fingerprint density at radius 3 is 2.37 bits per heavy atom. The van der Waals surface area contributed by atoms with Gasteiger partial charge in [-0.25, -0.2) is 4.39 Å². The van der Waals surface area contributed by atoms with E-state index in [-0.39, 0.29) is 11.7 Å². The van der Waals surface area contributed by atoms with Gasteiger partial charge < -0.3 is 10.2 Å². The molecule has 19 heavy (non-hydrogen) atoms. The van der Waals surface area contributed by atoms with Crippen LogP contribution in [0.1, 0.15) is 36.0 Å². The van der Waals surface area contributed by atoms with Gasteiger partial charge in [0.25, 0.3) is 5.91 Å². The smallest absolute Gasteiger partial charge is 0.251 e. The first-order chi connectivity index (χ1) is 9.25. The number of benzene rings is 1. The van der Waals surface area contributed by atoms with Crippen molar-refractivity contribution in [2.75, 3.05) is 26.2 Å². The number of nitrogens with zero attached hydrogens (tertiary/aromatic N) is 1. The zero-order valence-electron chi connectivity index (χ0n) is 11.2. The minimum Gasteiger partial charge on any atom is -0.351 e. The van der Waals surface area contributed by atoms with Gasteiger partial charge in [-0.15, -0.1) is 0 Å². The molecule has 3 nitrogen and oxygen atoms in total. The Kier molecular flexibility index (Phi) is 5.33. The Morgan fingerprint density at radius 2 is 1.74 bits per heavy atom. The minimum atomic E-state index is -0.318. The van der Waals surface area contributed by atoms with Crippen LogP contribution in [0.2, 0.25) is 0 Å². The fraction of sp³-hybridized carbons (Fsp3) is 0.533. The molecule has 1 saturated heterocycles. The fourth-order valence-electron chi connectivity index (χ4n) is 2.39. The monoisotopic (exact) mass is 264 g/mol. The predicted octanol–water partition coefficient (Wildman–Crippen LogP) is 2.43. The van der Waals surface area contributed by atoms with E-state index in [0.29, 0.717) is 12.1 Å². The maximum atomic E-state index is 12.7. The first-order valence-corrected chi connectivity index (χ1v) is 7.02. The standard InChI is InChI=1S/C15H21FN2O/c16-14-7-5-13(6-8-14)15(19)17-9-12-18-10-3-1-2-4-11-18/h5-8H,1-4,9-12H2,(H,17,19). The predicted molar refractivity (Wildman–Crippen MR) is 73.6 cm³/mol. The summed E-state index contributed by atoms with van der Waals surface area (Å²) in [6.45, 7) is 3.81. The fourth-order valence-corrected chi connectivity index (χ4v) is 2.39. The number of hydrogen-bond acceptors (Lipinski definition) is 2. The van der Waals surface area contributed by atoms with Crippen LogP contribution in [-0.2, 0) is 0 Å². The molecule has 0 aliphatic carbocycles. The Balaban J connectivity index is 1.72. The summed E-state index contributed by atoms with van der Waals surface area (Å²) in [5, 5.41) is 2.88. The molecule has 1 aromatic rings. The molecule has 104 valence electrons. The van der Waals surface area contributed by atoms with Gasteiger partial charge in [-0.05, 0) is 50.2 Å². The van der Waals surface area contributed by atoms with Crippen LogP contribution in [-0.4, -0.2) is 37.0 Å². The molecule has 1 heterocycles.